The molecule has 3 nitrogen and oxygen atoms in total. The van der Waals surface area contributed by atoms with E-state index in [0.717, 1.165) is 25.3 Å². The predicted octanol–water partition coefficient (Wildman–Crippen LogP) is 4.55. The number of pyridine rings is 1. The molecule has 0 aliphatic rings. The Hall–Kier alpha value is -2.65. The Morgan fingerprint density at radius 3 is 2.21 bits per heavy atom. The lowest BCUT2D eigenvalue weighted by atomic mass is 10.1. The molecule has 0 atom stereocenters. The molecule has 1 heterocycles. The van der Waals surface area contributed by atoms with Gasteiger partial charge in [0.1, 0.15) is 5.75 Å². The number of likely N-dealkylation sites (N-methyl/N-ethyl adjacent to an activating group) is 1. The van der Waals surface area contributed by atoms with E-state index in [4.69, 9.17) is 4.74 Å². The Kier molecular flexibility index (Phi) is 5.59. The van der Waals surface area contributed by atoms with Crippen LogP contribution in [-0.2, 0) is 13.0 Å². The minimum atomic E-state index is 0.622. The van der Waals surface area contributed by atoms with E-state index in [1.807, 2.05) is 42.6 Å². The third-order valence-electron chi connectivity index (χ3n) is 3.84. The summed E-state index contributed by atoms with van der Waals surface area (Å²) in [7, 11) is 2.14. The standard InChI is InChI=1S/C21H22N2O/c1-23(15-14-18-8-4-2-5-9-18)17-19-12-13-21(22-16-19)24-20-10-6-3-7-11-20/h2-13,16H,14-15,17H2,1H3. The first-order valence-electron chi connectivity index (χ1n) is 8.20. The van der Waals surface area contributed by atoms with Crippen LogP contribution in [0.4, 0.5) is 0 Å². The average molecular weight is 318 g/mol. The van der Waals surface area contributed by atoms with Gasteiger partial charge in [-0.3, -0.25) is 0 Å². The highest BCUT2D eigenvalue weighted by Crippen LogP contribution is 2.18. The summed E-state index contributed by atoms with van der Waals surface area (Å²) in [5, 5.41) is 0. The Labute approximate surface area is 143 Å². The van der Waals surface area contributed by atoms with Crippen LogP contribution in [0.2, 0.25) is 0 Å². The molecule has 0 unspecified atom stereocenters. The number of ether oxygens (including phenoxy) is 1. The maximum atomic E-state index is 5.72. The van der Waals surface area contributed by atoms with Crippen LogP contribution in [0.15, 0.2) is 79.0 Å². The molecule has 1 aromatic heterocycles. The maximum Gasteiger partial charge on any atom is 0.219 e. The predicted molar refractivity (Wildman–Crippen MR) is 97.2 cm³/mol. The molecule has 122 valence electrons. The lowest BCUT2D eigenvalue weighted by Gasteiger charge is -2.16. The van der Waals surface area contributed by atoms with Gasteiger partial charge >= 0.3 is 0 Å². The molecule has 2 aromatic carbocycles. The second-order valence-corrected chi connectivity index (χ2v) is 5.89. The molecule has 0 saturated heterocycles. The van der Waals surface area contributed by atoms with Gasteiger partial charge in [0.15, 0.2) is 0 Å². The molecule has 0 amide bonds. The lowest BCUT2D eigenvalue weighted by Crippen LogP contribution is -2.20. The highest BCUT2D eigenvalue weighted by atomic mass is 16.5. The van der Waals surface area contributed by atoms with Gasteiger partial charge in [-0.25, -0.2) is 4.98 Å². The fraction of sp³-hybridized carbons (Fsp3) is 0.190. The van der Waals surface area contributed by atoms with Gasteiger partial charge in [-0.2, -0.15) is 0 Å². The van der Waals surface area contributed by atoms with Gasteiger partial charge in [0.2, 0.25) is 5.88 Å². The number of rotatable bonds is 7. The summed E-state index contributed by atoms with van der Waals surface area (Å²) in [4.78, 5) is 6.70. The van der Waals surface area contributed by atoms with Crippen molar-refractivity contribution in [1.29, 1.82) is 0 Å². The van der Waals surface area contributed by atoms with E-state index in [0.29, 0.717) is 5.88 Å². The van der Waals surface area contributed by atoms with Gasteiger partial charge in [0, 0.05) is 25.4 Å². The monoisotopic (exact) mass is 318 g/mol. The van der Waals surface area contributed by atoms with E-state index in [2.05, 4.69) is 53.3 Å². The van der Waals surface area contributed by atoms with Crippen molar-refractivity contribution in [3.63, 3.8) is 0 Å². The number of aromatic nitrogens is 1. The molecule has 3 rings (SSSR count). The second kappa shape index (κ2) is 8.27. The zero-order valence-electron chi connectivity index (χ0n) is 13.9. The SMILES string of the molecule is CN(CCc1ccccc1)Cc1ccc(Oc2ccccc2)nc1. The summed E-state index contributed by atoms with van der Waals surface area (Å²) in [6.07, 6.45) is 2.94. The van der Waals surface area contributed by atoms with Crippen molar-refractivity contribution < 1.29 is 4.74 Å². The van der Waals surface area contributed by atoms with E-state index >= 15 is 0 Å². The zero-order valence-corrected chi connectivity index (χ0v) is 13.9. The third-order valence-corrected chi connectivity index (χ3v) is 3.84. The quantitative estimate of drug-likeness (QED) is 0.639. The highest BCUT2D eigenvalue weighted by Gasteiger charge is 2.03. The highest BCUT2D eigenvalue weighted by molar-refractivity contribution is 5.27. The summed E-state index contributed by atoms with van der Waals surface area (Å²) in [5.74, 6) is 1.43. The fourth-order valence-electron chi connectivity index (χ4n) is 2.53. The van der Waals surface area contributed by atoms with Crippen LogP contribution in [0.25, 0.3) is 0 Å². The van der Waals surface area contributed by atoms with Gasteiger partial charge in [0.25, 0.3) is 0 Å². The summed E-state index contributed by atoms with van der Waals surface area (Å²) < 4.78 is 5.72. The zero-order chi connectivity index (χ0) is 16.6. The van der Waals surface area contributed by atoms with Gasteiger partial charge in [-0.05, 0) is 36.7 Å². The van der Waals surface area contributed by atoms with Crippen molar-refractivity contribution in [1.82, 2.24) is 9.88 Å². The normalized spacial score (nSPS) is 10.8. The average Bonchev–Trinajstić information content (AvgIpc) is 2.63. The minimum Gasteiger partial charge on any atom is -0.439 e. The molecule has 0 aliphatic carbocycles. The maximum absolute atomic E-state index is 5.72. The molecule has 3 heteroatoms. The second-order valence-electron chi connectivity index (χ2n) is 5.89. The van der Waals surface area contributed by atoms with Crippen molar-refractivity contribution >= 4 is 0 Å². The number of hydrogen-bond acceptors (Lipinski definition) is 3. The first-order valence-corrected chi connectivity index (χ1v) is 8.20. The number of hydrogen-bond donors (Lipinski definition) is 0. The molecule has 0 radical (unpaired) electrons. The van der Waals surface area contributed by atoms with E-state index < -0.39 is 0 Å². The molecule has 0 aliphatic heterocycles. The van der Waals surface area contributed by atoms with Gasteiger partial charge in [0.05, 0.1) is 0 Å². The number of nitrogens with zero attached hydrogens (tertiary/aromatic N) is 2. The van der Waals surface area contributed by atoms with Gasteiger partial charge in [-0.1, -0.05) is 54.6 Å². The smallest absolute Gasteiger partial charge is 0.219 e. The number of benzene rings is 2. The van der Waals surface area contributed by atoms with Crippen LogP contribution in [0.5, 0.6) is 11.6 Å². The van der Waals surface area contributed by atoms with Crippen molar-refractivity contribution in [2.45, 2.75) is 13.0 Å². The topological polar surface area (TPSA) is 25.4 Å². The summed E-state index contributed by atoms with van der Waals surface area (Å²) in [6, 6.07) is 24.3. The van der Waals surface area contributed by atoms with Crippen LogP contribution in [0.3, 0.4) is 0 Å². The first-order chi connectivity index (χ1) is 11.8. The van der Waals surface area contributed by atoms with Crippen LogP contribution in [0, 0.1) is 0 Å². The van der Waals surface area contributed by atoms with E-state index in [1.165, 1.54) is 11.1 Å². The van der Waals surface area contributed by atoms with Crippen molar-refractivity contribution in [2.75, 3.05) is 13.6 Å². The summed E-state index contributed by atoms with van der Waals surface area (Å²) >= 11 is 0. The molecular weight excluding hydrogens is 296 g/mol. The van der Waals surface area contributed by atoms with E-state index in [1.54, 1.807) is 0 Å². The molecule has 0 saturated carbocycles. The van der Waals surface area contributed by atoms with E-state index in [9.17, 15) is 0 Å². The largest absolute Gasteiger partial charge is 0.439 e. The molecule has 0 spiro atoms. The van der Waals surface area contributed by atoms with Gasteiger partial charge < -0.3 is 9.64 Å². The Balaban J connectivity index is 1.50. The lowest BCUT2D eigenvalue weighted by molar-refractivity contribution is 0.330. The van der Waals surface area contributed by atoms with Crippen LogP contribution in [-0.4, -0.2) is 23.5 Å². The fourth-order valence-corrected chi connectivity index (χ4v) is 2.53. The Morgan fingerprint density at radius 1 is 0.833 bits per heavy atom. The Bertz CT molecular complexity index is 727. The first kappa shape index (κ1) is 16.2. The van der Waals surface area contributed by atoms with E-state index in [-0.39, 0.29) is 0 Å². The van der Waals surface area contributed by atoms with Crippen LogP contribution in [0.1, 0.15) is 11.1 Å². The van der Waals surface area contributed by atoms with Crippen LogP contribution >= 0.6 is 0 Å². The summed E-state index contributed by atoms with van der Waals surface area (Å²) in [5.41, 5.74) is 2.56. The molecule has 0 fully saturated rings. The minimum absolute atomic E-state index is 0.622. The third kappa shape index (κ3) is 4.93. The van der Waals surface area contributed by atoms with Crippen molar-refractivity contribution in [3.05, 3.63) is 90.1 Å². The molecule has 0 N–H and O–H groups in total. The number of para-hydroxylation sites is 1. The van der Waals surface area contributed by atoms with Crippen LogP contribution < -0.4 is 4.74 Å². The van der Waals surface area contributed by atoms with Crippen molar-refractivity contribution in [3.8, 4) is 11.6 Å². The van der Waals surface area contributed by atoms with Gasteiger partial charge in [-0.15, -0.1) is 0 Å². The van der Waals surface area contributed by atoms with Crippen molar-refractivity contribution in [2.24, 2.45) is 0 Å². The molecule has 24 heavy (non-hydrogen) atoms. The summed E-state index contributed by atoms with van der Waals surface area (Å²) in [6.45, 7) is 1.90. The molecular formula is C21H22N2O. The Morgan fingerprint density at radius 2 is 1.54 bits per heavy atom. The molecule has 0 bridgehead atoms. The molecule has 3 aromatic rings.